The predicted molar refractivity (Wildman–Crippen MR) is 56.8 cm³/mol. The Morgan fingerprint density at radius 2 is 2.00 bits per heavy atom. The average Bonchev–Trinajstić information content (AvgIpc) is 2.34. The third-order valence-electron chi connectivity index (χ3n) is 2.05. The molecule has 13 heavy (non-hydrogen) atoms. The quantitative estimate of drug-likeness (QED) is 0.674. The van der Waals surface area contributed by atoms with Crippen molar-refractivity contribution < 1.29 is 0 Å². The van der Waals surface area contributed by atoms with E-state index in [0.717, 1.165) is 10.6 Å². The molecule has 1 aromatic rings. The van der Waals surface area contributed by atoms with E-state index in [0.29, 0.717) is 0 Å². The third-order valence-corrected chi connectivity index (χ3v) is 2.91. The van der Waals surface area contributed by atoms with Gasteiger partial charge in [0.15, 0.2) is 0 Å². The van der Waals surface area contributed by atoms with Gasteiger partial charge in [0.2, 0.25) is 0 Å². The Morgan fingerprint density at radius 1 is 1.31 bits per heavy atom. The Kier molecular flexibility index (Phi) is 1.77. The van der Waals surface area contributed by atoms with E-state index in [4.69, 9.17) is 0 Å². The number of aromatic nitrogens is 1. The van der Waals surface area contributed by atoms with Crippen molar-refractivity contribution in [2.24, 2.45) is 5.41 Å². The highest BCUT2D eigenvalue weighted by Crippen LogP contribution is 2.27. The summed E-state index contributed by atoms with van der Waals surface area (Å²) in [5.74, 6) is 0. The second-order valence-corrected chi connectivity index (χ2v) is 4.80. The fourth-order valence-electron chi connectivity index (χ4n) is 1.24. The molecule has 0 aromatic carbocycles. The Bertz CT molecular complexity index is 398. The van der Waals surface area contributed by atoms with E-state index in [1.165, 1.54) is 11.3 Å². The van der Waals surface area contributed by atoms with Gasteiger partial charge >= 0.3 is 4.87 Å². The Balaban J connectivity index is 2.56. The van der Waals surface area contributed by atoms with Gasteiger partial charge in [-0.15, -0.1) is 0 Å². The molecule has 1 aliphatic carbocycles. The number of nitrogens with one attached hydrogen (secondary N) is 1. The summed E-state index contributed by atoms with van der Waals surface area (Å²) in [5, 5.41) is 0. The van der Waals surface area contributed by atoms with Crippen LogP contribution < -0.4 is 4.87 Å². The summed E-state index contributed by atoms with van der Waals surface area (Å²) >= 11 is 1.26. The van der Waals surface area contributed by atoms with Crippen molar-refractivity contribution in [1.29, 1.82) is 0 Å². The van der Waals surface area contributed by atoms with Crippen LogP contribution in [0, 0.1) is 5.41 Å². The van der Waals surface area contributed by atoms with Crippen LogP contribution in [0.2, 0.25) is 0 Å². The van der Waals surface area contributed by atoms with Crippen LogP contribution in [0.3, 0.4) is 0 Å². The maximum Gasteiger partial charge on any atom is 0.305 e. The third kappa shape index (κ3) is 1.65. The summed E-state index contributed by atoms with van der Waals surface area (Å²) in [6, 6.07) is 0. The van der Waals surface area contributed by atoms with Crippen molar-refractivity contribution >= 4 is 23.5 Å². The molecule has 0 fully saturated rings. The molecule has 0 amide bonds. The number of hydrogen-bond acceptors (Lipinski definition) is 2. The highest BCUT2D eigenvalue weighted by molar-refractivity contribution is 7.10. The topological polar surface area (TPSA) is 32.9 Å². The first-order valence-corrected chi connectivity index (χ1v) is 5.00. The van der Waals surface area contributed by atoms with Gasteiger partial charge in [-0.3, -0.25) is 4.79 Å². The van der Waals surface area contributed by atoms with Crippen molar-refractivity contribution in [3.63, 3.8) is 0 Å². The molecule has 1 N–H and O–H groups in total. The Hall–Kier alpha value is -1.09. The van der Waals surface area contributed by atoms with Crippen LogP contribution >= 0.6 is 11.3 Å². The summed E-state index contributed by atoms with van der Waals surface area (Å²) in [7, 11) is 0. The smallest absolute Gasteiger partial charge is 0.305 e. The number of H-pyrrole nitrogens is 1. The zero-order valence-corrected chi connectivity index (χ0v) is 8.44. The lowest BCUT2D eigenvalue weighted by molar-refractivity contribution is 0.633. The minimum atomic E-state index is 0.0130. The summed E-state index contributed by atoms with van der Waals surface area (Å²) in [6.07, 6.45) is 8.20. The molecule has 0 saturated heterocycles. The SMILES string of the molecule is CC1(C)C=Cc2[nH]c(=O)sc2C=C1. The first-order valence-electron chi connectivity index (χ1n) is 4.18. The summed E-state index contributed by atoms with van der Waals surface area (Å²) < 4.78 is 0. The van der Waals surface area contributed by atoms with E-state index in [1.54, 1.807) is 0 Å². The van der Waals surface area contributed by atoms with E-state index in [2.05, 4.69) is 31.0 Å². The molecule has 1 aromatic heterocycles. The van der Waals surface area contributed by atoms with Gasteiger partial charge in [0.1, 0.15) is 0 Å². The first kappa shape index (κ1) is 8.51. The molecule has 68 valence electrons. The molecule has 1 aliphatic rings. The zero-order valence-electron chi connectivity index (χ0n) is 7.63. The highest BCUT2D eigenvalue weighted by Gasteiger charge is 2.13. The number of rotatable bonds is 0. The van der Waals surface area contributed by atoms with Crippen LogP contribution in [0.15, 0.2) is 16.9 Å². The summed E-state index contributed by atoms with van der Waals surface area (Å²) in [4.78, 5) is 14.9. The van der Waals surface area contributed by atoms with Gasteiger partial charge in [0.05, 0.1) is 10.6 Å². The van der Waals surface area contributed by atoms with Crippen molar-refractivity contribution in [1.82, 2.24) is 4.98 Å². The van der Waals surface area contributed by atoms with Crippen LogP contribution in [-0.2, 0) is 0 Å². The van der Waals surface area contributed by atoms with Gasteiger partial charge in [-0.05, 0) is 12.2 Å². The standard InChI is InChI=1S/C10H11NOS/c1-10(2)5-3-7-8(4-6-10)13-9(12)11-7/h3-6H,1-2H3,(H,11,12). The van der Waals surface area contributed by atoms with Gasteiger partial charge in [0, 0.05) is 5.41 Å². The summed E-state index contributed by atoms with van der Waals surface area (Å²) in [6.45, 7) is 4.27. The molecule has 0 bridgehead atoms. The first-order chi connectivity index (χ1) is 6.07. The van der Waals surface area contributed by atoms with Crippen molar-refractivity contribution in [3.05, 3.63) is 32.4 Å². The number of aromatic amines is 1. The fourth-order valence-corrected chi connectivity index (χ4v) is 1.97. The largest absolute Gasteiger partial charge is 0.312 e. The molecule has 0 saturated carbocycles. The number of thiazole rings is 1. The lowest BCUT2D eigenvalue weighted by atomic mass is 9.93. The minimum Gasteiger partial charge on any atom is -0.312 e. The normalized spacial score (nSPS) is 18.3. The fraction of sp³-hybridized carbons (Fsp3) is 0.300. The van der Waals surface area contributed by atoms with Crippen LogP contribution in [0.25, 0.3) is 12.2 Å². The van der Waals surface area contributed by atoms with E-state index in [-0.39, 0.29) is 10.3 Å². The zero-order chi connectivity index (χ0) is 9.47. The van der Waals surface area contributed by atoms with E-state index >= 15 is 0 Å². The summed E-state index contributed by atoms with van der Waals surface area (Å²) in [5.41, 5.74) is 1.01. The highest BCUT2D eigenvalue weighted by atomic mass is 32.1. The maximum atomic E-state index is 11.0. The van der Waals surface area contributed by atoms with E-state index in [9.17, 15) is 4.79 Å². The molecule has 0 radical (unpaired) electrons. The van der Waals surface area contributed by atoms with Crippen molar-refractivity contribution in [2.45, 2.75) is 13.8 Å². The molecule has 1 heterocycles. The molecule has 0 spiro atoms. The second-order valence-electron chi connectivity index (χ2n) is 3.78. The molecule has 0 aliphatic heterocycles. The van der Waals surface area contributed by atoms with E-state index < -0.39 is 0 Å². The van der Waals surface area contributed by atoms with Crippen molar-refractivity contribution in [2.75, 3.05) is 0 Å². The predicted octanol–water partition coefficient (Wildman–Crippen LogP) is 2.50. The van der Waals surface area contributed by atoms with Gasteiger partial charge in [-0.1, -0.05) is 37.3 Å². The van der Waals surface area contributed by atoms with Crippen molar-refractivity contribution in [3.8, 4) is 0 Å². The molecular formula is C10H11NOS. The molecule has 0 unspecified atom stereocenters. The van der Waals surface area contributed by atoms with Gasteiger partial charge in [0.25, 0.3) is 0 Å². The van der Waals surface area contributed by atoms with Crippen LogP contribution in [0.1, 0.15) is 24.4 Å². The lowest BCUT2D eigenvalue weighted by Gasteiger charge is -2.11. The van der Waals surface area contributed by atoms with Gasteiger partial charge in [-0.25, -0.2) is 0 Å². The second kappa shape index (κ2) is 2.70. The maximum absolute atomic E-state index is 11.0. The molecular weight excluding hydrogens is 182 g/mol. The monoisotopic (exact) mass is 193 g/mol. The Labute approximate surface area is 80.6 Å². The van der Waals surface area contributed by atoms with Crippen LogP contribution in [0.5, 0.6) is 0 Å². The van der Waals surface area contributed by atoms with Crippen LogP contribution in [0.4, 0.5) is 0 Å². The lowest BCUT2D eigenvalue weighted by Crippen LogP contribution is -2.00. The van der Waals surface area contributed by atoms with Gasteiger partial charge < -0.3 is 4.98 Å². The van der Waals surface area contributed by atoms with Crippen LogP contribution in [-0.4, -0.2) is 4.98 Å². The number of fused-ring (bicyclic) bond motifs is 1. The number of allylic oxidation sites excluding steroid dienone is 2. The number of hydrogen-bond donors (Lipinski definition) is 1. The average molecular weight is 193 g/mol. The molecule has 2 nitrogen and oxygen atoms in total. The van der Waals surface area contributed by atoms with E-state index in [1.807, 2.05) is 12.2 Å². The molecule has 2 rings (SSSR count). The van der Waals surface area contributed by atoms with Gasteiger partial charge in [-0.2, -0.15) is 0 Å². The molecule has 3 heteroatoms. The minimum absolute atomic E-state index is 0.0130. The Morgan fingerprint density at radius 3 is 2.77 bits per heavy atom. The molecule has 0 atom stereocenters.